The molecule has 0 amide bonds. The van der Waals surface area contributed by atoms with E-state index in [4.69, 9.17) is 0 Å². The lowest BCUT2D eigenvalue weighted by Crippen LogP contribution is -2.25. The molecule has 0 aliphatic heterocycles. The van der Waals surface area contributed by atoms with Crippen LogP contribution in [0.15, 0.2) is 36.4 Å². The summed E-state index contributed by atoms with van der Waals surface area (Å²) >= 11 is 0. The third kappa shape index (κ3) is 2.95. The van der Waals surface area contributed by atoms with Crippen molar-refractivity contribution in [3.05, 3.63) is 70.5 Å². The number of hydrogen-bond acceptors (Lipinski definition) is 1. The van der Waals surface area contributed by atoms with E-state index in [2.05, 4.69) is 17.4 Å². The molecule has 1 unspecified atom stereocenters. The minimum atomic E-state index is -1.42. The van der Waals surface area contributed by atoms with Crippen molar-refractivity contribution in [3.8, 4) is 0 Å². The van der Waals surface area contributed by atoms with Crippen molar-refractivity contribution >= 4 is 0 Å². The first-order chi connectivity index (χ1) is 10.1. The standard InChI is InChI=1S/C17H16F3N/c18-14-8-11(9-15(19)17(14)20)10-21-16-7-3-5-12-4-1-2-6-13(12)16/h1-2,4,6,8-9,16,21H,3,5,7,10H2. The zero-order valence-electron chi connectivity index (χ0n) is 11.5. The highest BCUT2D eigenvalue weighted by atomic mass is 19.2. The van der Waals surface area contributed by atoms with Gasteiger partial charge in [-0.25, -0.2) is 13.2 Å². The van der Waals surface area contributed by atoms with Crippen molar-refractivity contribution in [1.82, 2.24) is 5.32 Å². The molecule has 0 heterocycles. The zero-order valence-corrected chi connectivity index (χ0v) is 11.5. The van der Waals surface area contributed by atoms with E-state index >= 15 is 0 Å². The Bertz CT molecular complexity index is 631. The first-order valence-electron chi connectivity index (χ1n) is 7.10. The molecule has 1 aliphatic carbocycles. The van der Waals surface area contributed by atoms with Gasteiger partial charge in [-0.15, -0.1) is 0 Å². The fraction of sp³-hybridized carbons (Fsp3) is 0.294. The highest BCUT2D eigenvalue weighted by molar-refractivity contribution is 5.32. The van der Waals surface area contributed by atoms with Gasteiger partial charge in [0.15, 0.2) is 17.5 Å². The molecule has 1 N–H and O–H groups in total. The third-order valence-corrected chi connectivity index (χ3v) is 3.97. The molecule has 0 fully saturated rings. The molecule has 1 nitrogen and oxygen atoms in total. The molecular weight excluding hydrogens is 275 g/mol. The zero-order chi connectivity index (χ0) is 14.8. The first-order valence-corrected chi connectivity index (χ1v) is 7.10. The molecule has 1 aliphatic rings. The van der Waals surface area contributed by atoms with Gasteiger partial charge < -0.3 is 5.32 Å². The average molecular weight is 291 g/mol. The van der Waals surface area contributed by atoms with E-state index in [0.717, 1.165) is 31.4 Å². The highest BCUT2D eigenvalue weighted by Crippen LogP contribution is 2.29. The fourth-order valence-electron chi connectivity index (χ4n) is 2.92. The van der Waals surface area contributed by atoms with Gasteiger partial charge in [0, 0.05) is 12.6 Å². The Balaban J connectivity index is 1.74. The van der Waals surface area contributed by atoms with Crippen LogP contribution in [0.4, 0.5) is 13.2 Å². The van der Waals surface area contributed by atoms with Crippen LogP contribution in [0.3, 0.4) is 0 Å². The Kier molecular flexibility index (Phi) is 3.97. The Hall–Kier alpha value is -1.81. The Labute approximate surface area is 121 Å². The number of hydrogen-bond donors (Lipinski definition) is 1. The fourth-order valence-corrected chi connectivity index (χ4v) is 2.92. The van der Waals surface area contributed by atoms with E-state index in [9.17, 15) is 13.2 Å². The van der Waals surface area contributed by atoms with Crippen LogP contribution in [0.25, 0.3) is 0 Å². The van der Waals surface area contributed by atoms with Gasteiger partial charge in [0.25, 0.3) is 0 Å². The Morgan fingerprint density at radius 1 is 1.05 bits per heavy atom. The number of benzene rings is 2. The normalized spacial score (nSPS) is 17.6. The summed E-state index contributed by atoms with van der Waals surface area (Å²) in [6.45, 7) is 0.313. The van der Waals surface area contributed by atoms with Crippen LogP contribution >= 0.6 is 0 Å². The molecule has 0 spiro atoms. The molecule has 2 aromatic carbocycles. The lowest BCUT2D eigenvalue weighted by molar-refractivity contribution is 0.436. The van der Waals surface area contributed by atoms with Crippen LogP contribution in [0.1, 0.15) is 35.6 Å². The van der Waals surface area contributed by atoms with E-state index in [1.807, 2.05) is 12.1 Å². The summed E-state index contributed by atoms with van der Waals surface area (Å²) in [6.07, 6.45) is 3.14. The summed E-state index contributed by atoms with van der Waals surface area (Å²) in [7, 11) is 0. The van der Waals surface area contributed by atoms with Gasteiger partial charge in [-0.3, -0.25) is 0 Å². The summed E-state index contributed by atoms with van der Waals surface area (Å²) in [5, 5.41) is 3.31. The lowest BCUT2D eigenvalue weighted by Gasteiger charge is -2.26. The van der Waals surface area contributed by atoms with Gasteiger partial charge in [0.2, 0.25) is 0 Å². The molecule has 21 heavy (non-hydrogen) atoms. The second kappa shape index (κ2) is 5.90. The predicted molar refractivity (Wildman–Crippen MR) is 75.3 cm³/mol. The molecule has 0 aromatic heterocycles. The number of aryl methyl sites for hydroxylation is 1. The van der Waals surface area contributed by atoms with Crippen LogP contribution in [-0.4, -0.2) is 0 Å². The third-order valence-electron chi connectivity index (χ3n) is 3.97. The van der Waals surface area contributed by atoms with Gasteiger partial charge in [-0.1, -0.05) is 24.3 Å². The summed E-state index contributed by atoms with van der Waals surface area (Å²) in [5.41, 5.74) is 2.97. The van der Waals surface area contributed by atoms with E-state index < -0.39 is 17.5 Å². The number of rotatable bonds is 3. The van der Waals surface area contributed by atoms with Gasteiger partial charge in [0.05, 0.1) is 0 Å². The maximum atomic E-state index is 13.2. The topological polar surface area (TPSA) is 12.0 Å². The maximum Gasteiger partial charge on any atom is 0.194 e. The van der Waals surface area contributed by atoms with Crippen LogP contribution in [0, 0.1) is 17.5 Å². The minimum Gasteiger partial charge on any atom is -0.306 e. The quantitative estimate of drug-likeness (QED) is 0.833. The molecule has 0 radical (unpaired) electrons. The molecule has 2 aromatic rings. The molecule has 0 saturated heterocycles. The number of fused-ring (bicyclic) bond motifs is 1. The number of nitrogens with one attached hydrogen (secondary N) is 1. The van der Waals surface area contributed by atoms with Crippen molar-refractivity contribution in [2.75, 3.05) is 0 Å². The van der Waals surface area contributed by atoms with Crippen molar-refractivity contribution < 1.29 is 13.2 Å². The van der Waals surface area contributed by atoms with Crippen LogP contribution in [-0.2, 0) is 13.0 Å². The van der Waals surface area contributed by atoms with Crippen molar-refractivity contribution in [1.29, 1.82) is 0 Å². The van der Waals surface area contributed by atoms with Crippen molar-refractivity contribution in [2.45, 2.75) is 31.8 Å². The van der Waals surface area contributed by atoms with Gasteiger partial charge in [-0.2, -0.15) is 0 Å². The Morgan fingerprint density at radius 2 is 1.76 bits per heavy atom. The maximum absolute atomic E-state index is 13.2. The number of halogens is 3. The smallest absolute Gasteiger partial charge is 0.194 e. The van der Waals surface area contributed by atoms with Gasteiger partial charge >= 0.3 is 0 Å². The first kappa shape index (κ1) is 14.1. The van der Waals surface area contributed by atoms with Crippen LogP contribution in [0.2, 0.25) is 0 Å². The van der Waals surface area contributed by atoms with E-state index in [1.54, 1.807) is 0 Å². The van der Waals surface area contributed by atoms with Crippen molar-refractivity contribution in [2.24, 2.45) is 0 Å². The second-order valence-corrected chi connectivity index (χ2v) is 5.40. The molecule has 0 saturated carbocycles. The second-order valence-electron chi connectivity index (χ2n) is 5.40. The summed E-state index contributed by atoms with van der Waals surface area (Å²) in [4.78, 5) is 0. The molecule has 0 bridgehead atoms. The van der Waals surface area contributed by atoms with Crippen molar-refractivity contribution in [3.63, 3.8) is 0 Å². The Morgan fingerprint density at radius 3 is 2.52 bits per heavy atom. The van der Waals surface area contributed by atoms with Crippen LogP contribution < -0.4 is 5.32 Å². The average Bonchev–Trinajstić information content (AvgIpc) is 2.50. The summed E-state index contributed by atoms with van der Waals surface area (Å²) < 4.78 is 39.3. The van der Waals surface area contributed by atoms with Crippen LogP contribution in [0.5, 0.6) is 0 Å². The van der Waals surface area contributed by atoms with Gasteiger partial charge in [0.1, 0.15) is 0 Å². The molecular formula is C17H16F3N. The molecule has 4 heteroatoms. The predicted octanol–water partition coefficient (Wildman–Crippen LogP) is 4.27. The van der Waals surface area contributed by atoms with Gasteiger partial charge in [-0.05, 0) is 48.1 Å². The monoisotopic (exact) mass is 291 g/mol. The molecule has 3 rings (SSSR count). The molecule has 110 valence electrons. The lowest BCUT2D eigenvalue weighted by atomic mass is 9.87. The largest absolute Gasteiger partial charge is 0.306 e. The van der Waals surface area contributed by atoms with E-state index in [0.29, 0.717) is 12.1 Å². The minimum absolute atomic E-state index is 0.172. The highest BCUT2D eigenvalue weighted by Gasteiger charge is 2.19. The van der Waals surface area contributed by atoms with E-state index in [1.165, 1.54) is 11.1 Å². The summed E-state index contributed by atoms with van der Waals surface area (Å²) in [6, 6.07) is 10.5. The molecule has 1 atom stereocenters. The van der Waals surface area contributed by atoms with E-state index in [-0.39, 0.29) is 6.04 Å². The summed E-state index contributed by atoms with van der Waals surface area (Å²) in [5.74, 6) is -3.70. The SMILES string of the molecule is Fc1cc(CNC2CCCc3ccccc32)cc(F)c1F.